The predicted octanol–water partition coefficient (Wildman–Crippen LogP) is 4.65. The second-order valence-electron chi connectivity index (χ2n) is 4.79. The van der Waals surface area contributed by atoms with Crippen molar-refractivity contribution in [2.75, 3.05) is 5.32 Å². The number of carbonyl (C=O) groups excluding carboxylic acids is 1. The van der Waals surface area contributed by atoms with Gasteiger partial charge in [-0.15, -0.1) is 0 Å². The monoisotopic (exact) mass is 352 g/mol. The molecule has 0 aliphatic carbocycles. The Balaban J connectivity index is 1.71. The first-order chi connectivity index (χ1) is 10.7. The minimum Gasteiger partial charge on any atom is -0.321 e. The summed E-state index contributed by atoms with van der Waals surface area (Å²) in [6, 6.07) is 17.4. The summed E-state index contributed by atoms with van der Waals surface area (Å²) in [5, 5.41) is 3.82. The van der Waals surface area contributed by atoms with Crippen LogP contribution in [0.2, 0.25) is 0 Å². The highest BCUT2D eigenvalue weighted by Gasteiger charge is 2.00. The van der Waals surface area contributed by atoms with E-state index in [1.54, 1.807) is 12.3 Å². The first-order valence-electron chi connectivity index (χ1n) is 6.80. The van der Waals surface area contributed by atoms with E-state index in [1.165, 1.54) is 6.08 Å². The van der Waals surface area contributed by atoms with Gasteiger partial charge in [-0.2, -0.15) is 0 Å². The molecule has 1 N–H and O–H groups in total. The molecule has 0 bridgehead atoms. The number of amides is 1. The number of halogens is 1. The van der Waals surface area contributed by atoms with Crippen LogP contribution in [0.4, 0.5) is 5.69 Å². The molecule has 0 spiro atoms. The average Bonchev–Trinajstić information content (AvgIpc) is 2.54. The number of benzene rings is 2. The van der Waals surface area contributed by atoms with Gasteiger partial charge in [-0.1, -0.05) is 46.3 Å². The second-order valence-corrected chi connectivity index (χ2v) is 5.71. The Morgan fingerprint density at radius 2 is 1.86 bits per heavy atom. The summed E-state index contributed by atoms with van der Waals surface area (Å²) < 4.78 is 1.01. The molecule has 1 heterocycles. The van der Waals surface area contributed by atoms with Crippen molar-refractivity contribution in [2.24, 2.45) is 0 Å². The fraction of sp³-hybridized carbons (Fsp3) is 0. The van der Waals surface area contributed by atoms with E-state index in [4.69, 9.17) is 0 Å². The molecule has 0 aliphatic heterocycles. The maximum absolute atomic E-state index is 12.0. The molecule has 0 fully saturated rings. The van der Waals surface area contributed by atoms with Crippen molar-refractivity contribution in [1.29, 1.82) is 0 Å². The smallest absolute Gasteiger partial charge is 0.248 e. The van der Waals surface area contributed by atoms with Gasteiger partial charge in [0.1, 0.15) is 0 Å². The number of anilines is 1. The third-order valence-corrected chi connectivity index (χ3v) is 3.68. The fourth-order valence-corrected chi connectivity index (χ4v) is 2.33. The molecule has 0 atom stereocenters. The van der Waals surface area contributed by atoms with Crippen LogP contribution in [0.25, 0.3) is 17.0 Å². The Labute approximate surface area is 136 Å². The first-order valence-corrected chi connectivity index (χ1v) is 7.59. The number of aromatic nitrogens is 1. The summed E-state index contributed by atoms with van der Waals surface area (Å²) in [6.07, 6.45) is 4.95. The maximum atomic E-state index is 12.0. The highest BCUT2D eigenvalue weighted by molar-refractivity contribution is 9.10. The number of hydrogen-bond acceptors (Lipinski definition) is 2. The van der Waals surface area contributed by atoms with Gasteiger partial charge in [0.15, 0.2) is 0 Å². The van der Waals surface area contributed by atoms with Crippen LogP contribution in [-0.2, 0) is 4.79 Å². The molecule has 0 saturated carbocycles. The summed E-state index contributed by atoms with van der Waals surface area (Å²) in [7, 11) is 0. The topological polar surface area (TPSA) is 42.0 Å². The number of nitrogens with zero attached hydrogens (tertiary/aromatic N) is 1. The Hall–Kier alpha value is -2.46. The summed E-state index contributed by atoms with van der Waals surface area (Å²) >= 11 is 3.38. The van der Waals surface area contributed by atoms with Gasteiger partial charge in [0, 0.05) is 15.9 Å². The lowest BCUT2D eigenvalue weighted by molar-refractivity contribution is -0.111. The molecular weight excluding hydrogens is 340 g/mol. The predicted molar refractivity (Wildman–Crippen MR) is 93.5 cm³/mol. The fourth-order valence-electron chi connectivity index (χ4n) is 2.07. The zero-order valence-corrected chi connectivity index (χ0v) is 13.2. The Morgan fingerprint density at radius 3 is 2.68 bits per heavy atom. The zero-order valence-electron chi connectivity index (χ0n) is 11.7. The normalized spacial score (nSPS) is 11.0. The number of carbonyl (C=O) groups is 1. The van der Waals surface area contributed by atoms with Crippen LogP contribution < -0.4 is 5.32 Å². The Bertz CT molecular complexity index is 841. The molecule has 0 aliphatic rings. The van der Waals surface area contributed by atoms with Gasteiger partial charge in [0.25, 0.3) is 0 Å². The van der Waals surface area contributed by atoms with Crippen molar-refractivity contribution in [1.82, 2.24) is 4.98 Å². The van der Waals surface area contributed by atoms with Crippen LogP contribution >= 0.6 is 15.9 Å². The van der Waals surface area contributed by atoms with E-state index in [1.807, 2.05) is 54.6 Å². The molecule has 1 amide bonds. The van der Waals surface area contributed by atoms with Gasteiger partial charge < -0.3 is 5.32 Å². The molecular formula is C18H13BrN2O. The van der Waals surface area contributed by atoms with Crippen molar-refractivity contribution in [3.63, 3.8) is 0 Å². The van der Waals surface area contributed by atoms with E-state index in [2.05, 4.69) is 26.2 Å². The molecule has 0 radical (unpaired) electrons. The first kappa shape index (κ1) is 14.5. The van der Waals surface area contributed by atoms with Crippen LogP contribution in [0.3, 0.4) is 0 Å². The quantitative estimate of drug-likeness (QED) is 0.697. The Morgan fingerprint density at radius 1 is 1.09 bits per heavy atom. The highest BCUT2D eigenvalue weighted by atomic mass is 79.9. The number of pyridine rings is 1. The average molecular weight is 353 g/mol. The number of para-hydroxylation sites is 1. The van der Waals surface area contributed by atoms with E-state index >= 15 is 0 Å². The van der Waals surface area contributed by atoms with Crippen LogP contribution in [0, 0.1) is 0 Å². The summed E-state index contributed by atoms with van der Waals surface area (Å²) in [5.74, 6) is -0.181. The van der Waals surface area contributed by atoms with Gasteiger partial charge in [-0.05, 0) is 35.9 Å². The minimum atomic E-state index is -0.181. The number of rotatable bonds is 3. The van der Waals surface area contributed by atoms with Gasteiger partial charge in [-0.25, -0.2) is 0 Å². The van der Waals surface area contributed by atoms with Crippen molar-refractivity contribution in [3.05, 3.63) is 76.9 Å². The second kappa shape index (κ2) is 6.54. The largest absolute Gasteiger partial charge is 0.321 e. The summed E-state index contributed by atoms with van der Waals surface area (Å²) in [6.45, 7) is 0. The highest BCUT2D eigenvalue weighted by Crippen LogP contribution is 2.16. The lowest BCUT2D eigenvalue weighted by atomic mass is 10.2. The van der Waals surface area contributed by atoms with Gasteiger partial charge >= 0.3 is 0 Å². The van der Waals surface area contributed by atoms with Gasteiger partial charge in [0.05, 0.1) is 17.4 Å². The molecule has 0 saturated heterocycles. The van der Waals surface area contributed by atoms with Crippen molar-refractivity contribution in [3.8, 4) is 0 Å². The van der Waals surface area contributed by atoms with E-state index in [0.717, 1.165) is 20.9 Å². The molecule has 0 unspecified atom stereocenters. The molecule has 2 aromatic carbocycles. The standard InChI is InChI=1S/C18H13BrN2O/c19-15-8-5-13(6-9-15)7-10-18(22)21-16-11-14-3-1-2-4-17(14)20-12-16/h1-12H,(H,21,22). The third kappa shape index (κ3) is 3.59. The van der Waals surface area contributed by atoms with Gasteiger partial charge in [-0.3, -0.25) is 9.78 Å². The van der Waals surface area contributed by atoms with Crippen molar-refractivity contribution in [2.45, 2.75) is 0 Å². The van der Waals surface area contributed by atoms with Crippen LogP contribution in [-0.4, -0.2) is 10.9 Å². The van der Waals surface area contributed by atoms with Crippen LogP contribution in [0.5, 0.6) is 0 Å². The van der Waals surface area contributed by atoms with E-state index < -0.39 is 0 Å². The molecule has 22 heavy (non-hydrogen) atoms. The summed E-state index contributed by atoms with van der Waals surface area (Å²) in [4.78, 5) is 16.3. The maximum Gasteiger partial charge on any atom is 0.248 e. The number of fused-ring (bicyclic) bond motifs is 1. The Kier molecular flexibility index (Phi) is 4.30. The van der Waals surface area contributed by atoms with Crippen molar-refractivity contribution >= 4 is 44.5 Å². The number of hydrogen-bond donors (Lipinski definition) is 1. The molecule has 3 rings (SSSR count). The lowest BCUT2D eigenvalue weighted by Crippen LogP contribution is -2.07. The third-order valence-electron chi connectivity index (χ3n) is 3.16. The molecule has 108 valence electrons. The molecule has 4 heteroatoms. The zero-order chi connectivity index (χ0) is 15.4. The molecule has 1 aromatic heterocycles. The van der Waals surface area contributed by atoms with Crippen LogP contribution in [0.1, 0.15) is 5.56 Å². The number of nitrogens with one attached hydrogen (secondary N) is 1. The van der Waals surface area contributed by atoms with Gasteiger partial charge in [0.2, 0.25) is 5.91 Å². The SMILES string of the molecule is O=C(C=Cc1ccc(Br)cc1)Nc1cnc2ccccc2c1. The van der Waals surface area contributed by atoms with E-state index in [-0.39, 0.29) is 5.91 Å². The van der Waals surface area contributed by atoms with E-state index in [0.29, 0.717) is 5.69 Å². The van der Waals surface area contributed by atoms with E-state index in [9.17, 15) is 4.79 Å². The molecule has 3 aromatic rings. The van der Waals surface area contributed by atoms with Crippen molar-refractivity contribution < 1.29 is 4.79 Å². The lowest BCUT2D eigenvalue weighted by Gasteiger charge is -2.03. The minimum absolute atomic E-state index is 0.181. The molecule has 3 nitrogen and oxygen atoms in total. The van der Waals surface area contributed by atoms with Crippen LogP contribution in [0.15, 0.2) is 71.3 Å². The summed E-state index contributed by atoms with van der Waals surface area (Å²) in [5.41, 5.74) is 2.56.